The van der Waals surface area contributed by atoms with Crippen LogP contribution in [0.5, 0.6) is 0 Å². The number of benzene rings is 1. The molecule has 0 saturated heterocycles. The van der Waals surface area contributed by atoms with Crippen molar-refractivity contribution < 1.29 is 8.42 Å². The van der Waals surface area contributed by atoms with E-state index in [-0.39, 0.29) is 11.8 Å². The van der Waals surface area contributed by atoms with E-state index in [0.717, 1.165) is 5.56 Å². The highest BCUT2D eigenvalue weighted by atomic mass is 32.2. The van der Waals surface area contributed by atoms with Crippen LogP contribution in [0.1, 0.15) is 18.5 Å². The quantitative estimate of drug-likeness (QED) is 0.776. The first kappa shape index (κ1) is 12.2. The Bertz CT molecular complexity index is 389. The number of nitrogens with one attached hydrogen (secondary N) is 1. The predicted molar refractivity (Wildman–Crippen MR) is 60.8 cm³/mol. The van der Waals surface area contributed by atoms with Crippen molar-refractivity contribution in [3.05, 3.63) is 35.9 Å². The lowest BCUT2D eigenvalue weighted by atomic mass is 10.1. The van der Waals surface area contributed by atoms with Gasteiger partial charge >= 0.3 is 0 Å². The molecule has 0 radical (unpaired) electrons. The molecule has 0 amide bonds. The van der Waals surface area contributed by atoms with Crippen LogP contribution >= 0.6 is 0 Å². The van der Waals surface area contributed by atoms with E-state index >= 15 is 0 Å². The zero-order valence-electron chi connectivity index (χ0n) is 8.68. The highest BCUT2D eigenvalue weighted by Gasteiger charge is 2.06. The van der Waals surface area contributed by atoms with Crippen LogP contribution in [0.15, 0.2) is 30.3 Å². The third kappa shape index (κ3) is 4.92. The van der Waals surface area contributed by atoms with Crippen molar-refractivity contribution in [3.63, 3.8) is 0 Å². The maximum absolute atomic E-state index is 10.7. The van der Waals surface area contributed by atoms with Crippen LogP contribution in [0.4, 0.5) is 0 Å². The average Bonchev–Trinajstić information content (AvgIpc) is 2.17. The van der Waals surface area contributed by atoms with Crippen molar-refractivity contribution in [2.45, 2.75) is 13.0 Å². The minimum Gasteiger partial charge on any atom is -0.309 e. The van der Waals surface area contributed by atoms with E-state index in [1.54, 1.807) is 0 Å². The monoisotopic (exact) mass is 228 g/mol. The first-order valence-electron chi connectivity index (χ1n) is 4.78. The van der Waals surface area contributed by atoms with Gasteiger partial charge in [0.25, 0.3) is 0 Å². The van der Waals surface area contributed by atoms with Crippen LogP contribution in [0.3, 0.4) is 0 Å². The molecular weight excluding hydrogens is 212 g/mol. The lowest BCUT2D eigenvalue weighted by Crippen LogP contribution is -2.28. The van der Waals surface area contributed by atoms with Gasteiger partial charge in [0.05, 0.1) is 5.75 Å². The third-order valence-electron chi connectivity index (χ3n) is 2.14. The first-order chi connectivity index (χ1) is 6.99. The largest absolute Gasteiger partial charge is 0.309 e. The van der Waals surface area contributed by atoms with Gasteiger partial charge in [-0.2, -0.15) is 0 Å². The number of nitrogens with two attached hydrogens (primary N) is 1. The Morgan fingerprint density at radius 3 is 2.47 bits per heavy atom. The van der Waals surface area contributed by atoms with Gasteiger partial charge in [-0.15, -0.1) is 0 Å². The topological polar surface area (TPSA) is 72.2 Å². The normalized spacial score (nSPS) is 13.7. The second-order valence-electron chi connectivity index (χ2n) is 3.45. The van der Waals surface area contributed by atoms with Crippen molar-refractivity contribution in [2.24, 2.45) is 5.14 Å². The molecule has 1 aromatic carbocycles. The fourth-order valence-corrected chi connectivity index (χ4v) is 1.68. The molecule has 0 aliphatic heterocycles. The summed E-state index contributed by atoms with van der Waals surface area (Å²) >= 11 is 0. The van der Waals surface area contributed by atoms with Gasteiger partial charge in [-0.25, -0.2) is 13.6 Å². The molecule has 1 aromatic rings. The molecule has 3 N–H and O–H groups in total. The highest BCUT2D eigenvalue weighted by Crippen LogP contribution is 2.10. The molecule has 0 spiro atoms. The summed E-state index contributed by atoms with van der Waals surface area (Å²) in [6.45, 7) is 2.35. The molecule has 1 atom stereocenters. The minimum atomic E-state index is -3.36. The molecule has 0 aliphatic rings. The van der Waals surface area contributed by atoms with Gasteiger partial charge in [0.2, 0.25) is 10.0 Å². The van der Waals surface area contributed by atoms with Crippen LogP contribution in [0.2, 0.25) is 0 Å². The third-order valence-corrected chi connectivity index (χ3v) is 2.91. The summed E-state index contributed by atoms with van der Waals surface area (Å²) in [5, 5.41) is 7.99. The smallest absolute Gasteiger partial charge is 0.210 e. The summed E-state index contributed by atoms with van der Waals surface area (Å²) in [6, 6.07) is 9.97. The number of rotatable bonds is 5. The van der Waals surface area contributed by atoms with E-state index in [2.05, 4.69) is 5.32 Å². The van der Waals surface area contributed by atoms with Crippen LogP contribution in [0, 0.1) is 0 Å². The predicted octanol–water partition coefficient (Wildman–Crippen LogP) is 0.626. The maximum Gasteiger partial charge on any atom is 0.210 e. The molecule has 15 heavy (non-hydrogen) atoms. The Hall–Kier alpha value is -0.910. The number of hydrogen-bond acceptors (Lipinski definition) is 3. The summed E-state index contributed by atoms with van der Waals surface area (Å²) in [5.41, 5.74) is 1.13. The van der Waals surface area contributed by atoms with E-state index in [0.29, 0.717) is 6.54 Å². The van der Waals surface area contributed by atoms with Crippen molar-refractivity contribution >= 4 is 10.0 Å². The van der Waals surface area contributed by atoms with Crippen LogP contribution in [-0.4, -0.2) is 20.7 Å². The van der Waals surface area contributed by atoms with E-state index in [4.69, 9.17) is 5.14 Å². The van der Waals surface area contributed by atoms with E-state index in [1.165, 1.54) is 0 Å². The second kappa shape index (κ2) is 5.25. The maximum atomic E-state index is 10.7. The molecular formula is C10H16N2O2S. The summed E-state index contributed by atoms with van der Waals surface area (Å²) < 4.78 is 21.4. The van der Waals surface area contributed by atoms with Gasteiger partial charge in [-0.1, -0.05) is 30.3 Å². The van der Waals surface area contributed by atoms with Crippen molar-refractivity contribution in [3.8, 4) is 0 Å². The summed E-state index contributed by atoms with van der Waals surface area (Å²) in [4.78, 5) is 0. The van der Waals surface area contributed by atoms with Gasteiger partial charge in [0.15, 0.2) is 0 Å². The van der Waals surface area contributed by atoms with Crippen molar-refractivity contribution in [1.82, 2.24) is 5.32 Å². The molecule has 84 valence electrons. The van der Waals surface area contributed by atoms with Gasteiger partial charge in [0.1, 0.15) is 0 Å². The zero-order chi connectivity index (χ0) is 11.3. The average molecular weight is 228 g/mol. The number of sulfonamides is 1. The van der Waals surface area contributed by atoms with E-state index < -0.39 is 10.0 Å². The second-order valence-corrected chi connectivity index (χ2v) is 5.19. The van der Waals surface area contributed by atoms with Crippen LogP contribution in [0.25, 0.3) is 0 Å². The van der Waals surface area contributed by atoms with Gasteiger partial charge in [-0.05, 0) is 12.5 Å². The fraction of sp³-hybridized carbons (Fsp3) is 0.400. The summed E-state index contributed by atoms with van der Waals surface area (Å²) in [5.74, 6) is -0.0375. The molecule has 4 nitrogen and oxygen atoms in total. The van der Waals surface area contributed by atoms with Gasteiger partial charge in [-0.3, -0.25) is 0 Å². The lowest BCUT2D eigenvalue weighted by Gasteiger charge is -2.13. The molecule has 1 rings (SSSR count). The van der Waals surface area contributed by atoms with Crippen molar-refractivity contribution in [1.29, 1.82) is 0 Å². The van der Waals surface area contributed by atoms with E-state index in [9.17, 15) is 8.42 Å². The Balaban J connectivity index is 2.41. The van der Waals surface area contributed by atoms with Gasteiger partial charge < -0.3 is 5.32 Å². The molecule has 0 aromatic heterocycles. The SMILES string of the molecule is C[C@H](NCCS(N)(=O)=O)c1ccccc1. The highest BCUT2D eigenvalue weighted by molar-refractivity contribution is 7.89. The van der Waals surface area contributed by atoms with Gasteiger partial charge in [0, 0.05) is 12.6 Å². The summed E-state index contributed by atoms with van der Waals surface area (Å²) in [6.07, 6.45) is 0. The Morgan fingerprint density at radius 1 is 1.33 bits per heavy atom. The zero-order valence-corrected chi connectivity index (χ0v) is 9.50. The standard InChI is InChI=1S/C10H16N2O2S/c1-9(10-5-3-2-4-6-10)12-7-8-15(11,13)14/h2-6,9,12H,7-8H2,1H3,(H2,11,13,14)/t9-/m0/s1. The molecule has 0 heterocycles. The molecule has 5 heteroatoms. The Labute approximate surface area is 90.5 Å². The van der Waals surface area contributed by atoms with E-state index in [1.807, 2.05) is 37.3 Å². The molecule has 0 unspecified atom stereocenters. The molecule has 0 saturated carbocycles. The molecule has 0 fully saturated rings. The molecule has 0 aliphatic carbocycles. The summed E-state index contributed by atoms with van der Waals surface area (Å²) in [7, 11) is -3.36. The molecule has 0 bridgehead atoms. The Morgan fingerprint density at radius 2 is 1.93 bits per heavy atom. The lowest BCUT2D eigenvalue weighted by molar-refractivity contribution is 0.573. The minimum absolute atomic E-state index is 0.0375. The fourth-order valence-electron chi connectivity index (χ4n) is 1.28. The number of primary sulfonamides is 1. The number of hydrogen-bond donors (Lipinski definition) is 2. The first-order valence-corrected chi connectivity index (χ1v) is 6.49. The van der Waals surface area contributed by atoms with Crippen LogP contribution < -0.4 is 10.5 Å². The Kier molecular flexibility index (Phi) is 4.26. The van der Waals surface area contributed by atoms with Crippen molar-refractivity contribution in [2.75, 3.05) is 12.3 Å². The van der Waals surface area contributed by atoms with Crippen LogP contribution in [-0.2, 0) is 10.0 Å².